The lowest BCUT2D eigenvalue weighted by Gasteiger charge is -2.15. The Morgan fingerprint density at radius 1 is 1.00 bits per heavy atom. The first-order valence-corrected chi connectivity index (χ1v) is 9.68. The third kappa shape index (κ3) is 4.30. The van der Waals surface area contributed by atoms with Gasteiger partial charge in [0.2, 0.25) is 0 Å². The van der Waals surface area contributed by atoms with Gasteiger partial charge in [0.05, 0.1) is 11.5 Å². The second-order valence-electron chi connectivity index (χ2n) is 5.64. The maximum atomic E-state index is 11.4. The third-order valence-electron chi connectivity index (χ3n) is 3.82. The standard InChI is InChI=1S/C17H18N2O2S2/c20-23(21)11-10-16(12-23)19-17(22)18-15-8-6-14(7-9-15)13-4-2-1-3-5-13/h1-9,16H,10-12H2,(H2,18,19,22)/t16-/m1/s1. The number of thiocarbonyl (C=S) groups is 1. The molecule has 1 aliphatic heterocycles. The van der Waals surface area contributed by atoms with Gasteiger partial charge in [-0.1, -0.05) is 42.5 Å². The van der Waals surface area contributed by atoms with Crippen molar-refractivity contribution in [1.29, 1.82) is 0 Å². The summed E-state index contributed by atoms with van der Waals surface area (Å²) in [5.74, 6) is 0.390. The Morgan fingerprint density at radius 3 is 2.26 bits per heavy atom. The summed E-state index contributed by atoms with van der Waals surface area (Å²) in [5, 5.41) is 6.63. The average Bonchev–Trinajstić information content (AvgIpc) is 2.87. The van der Waals surface area contributed by atoms with Crippen LogP contribution in [0.1, 0.15) is 6.42 Å². The van der Waals surface area contributed by atoms with Crippen LogP contribution in [0.2, 0.25) is 0 Å². The van der Waals surface area contributed by atoms with Gasteiger partial charge >= 0.3 is 0 Å². The second kappa shape index (κ2) is 6.68. The lowest BCUT2D eigenvalue weighted by atomic mass is 10.1. The Morgan fingerprint density at radius 2 is 1.65 bits per heavy atom. The van der Waals surface area contributed by atoms with E-state index in [0.717, 1.165) is 16.8 Å². The molecule has 23 heavy (non-hydrogen) atoms. The van der Waals surface area contributed by atoms with E-state index in [1.165, 1.54) is 0 Å². The van der Waals surface area contributed by atoms with Gasteiger partial charge < -0.3 is 10.6 Å². The van der Waals surface area contributed by atoms with Crippen LogP contribution in [-0.2, 0) is 9.84 Å². The monoisotopic (exact) mass is 346 g/mol. The highest BCUT2D eigenvalue weighted by molar-refractivity contribution is 7.91. The SMILES string of the molecule is O=S1(=O)CC[C@@H](NC(=S)Nc2ccc(-c3ccccc3)cc2)C1. The van der Waals surface area contributed by atoms with E-state index in [4.69, 9.17) is 12.2 Å². The zero-order chi connectivity index (χ0) is 16.3. The molecule has 1 saturated heterocycles. The lowest BCUT2D eigenvalue weighted by molar-refractivity contribution is 0.600. The highest BCUT2D eigenvalue weighted by Crippen LogP contribution is 2.21. The van der Waals surface area contributed by atoms with Crippen molar-refractivity contribution in [2.75, 3.05) is 16.8 Å². The zero-order valence-electron chi connectivity index (χ0n) is 12.5. The van der Waals surface area contributed by atoms with E-state index < -0.39 is 9.84 Å². The summed E-state index contributed by atoms with van der Waals surface area (Å²) in [4.78, 5) is 0. The average molecular weight is 346 g/mol. The normalized spacial score (nSPS) is 19.2. The van der Waals surface area contributed by atoms with Crippen LogP contribution >= 0.6 is 12.2 Å². The van der Waals surface area contributed by atoms with Crippen LogP contribution in [0.3, 0.4) is 0 Å². The van der Waals surface area contributed by atoms with Gasteiger partial charge in [0.1, 0.15) is 0 Å². The molecule has 0 amide bonds. The molecule has 3 rings (SSSR count). The van der Waals surface area contributed by atoms with Crippen LogP contribution in [-0.4, -0.2) is 31.1 Å². The van der Waals surface area contributed by atoms with E-state index in [-0.39, 0.29) is 17.5 Å². The van der Waals surface area contributed by atoms with Crippen LogP contribution in [0.5, 0.6) is 0 Å². The van der Waals surface area contributed by atoms with Crippen molar-refractivity contribution in [1.82, 2.24) is 5.32 Å². The minimum absolute atomic E-state index is 0.0939. The summed E-state index contributed by atoms with van der Waals surface area (Å²) in [6, 6.07) is 18.0. The van der Waals surface area contributed by atoms with Crippen molar-refractivity contribution in [3.8, 4) is 11.1 Å². The van der Waals surface area contributed by atoms with Crippen LogP contribution in [0.15, 0.2) is 54.6 Å². The number of anilines is 1. The van der Waals surface area contributed by atoms with Gasteiger partial charge in [-0.2, -0.15) is 0 Å². The molecule has 0 spiro atoms. The highest BCUT2D eigenvalue weighted by Gasteiger charge is 2.28. The van der Waals surface area contributed by atoms with Crippen molar-refractivity contribution >= 4 is 32.9 Å². The van der Waals surface area contributed by atoms with Crippen molar-refractivity contribution < 1.29 is 8.42 Å². The Balaban J connectivity index is 1.59. The molecule has 1 fully saturated rings. The molecule has 0 radical (unpaired) electrons. The Hall–Kier alpha value is -1.92. The molecule has 1 atom stereocenters. The lowest BCUT2D eigenvalue weighted by Crippen LogP contribution is -2.38. The summed E-state index contributed by atoms with van der Waals surface area (Å²) in [5.41, 5.74) is 3.18. The van der Waals surface area contributed by atoms with Crippen molar-refractivity contribution in [3.63, 3.8) is 0 Å². The molecule has 6 heteroatoms. The van der Waals surface area contributed by atoms with Gasteiger partial charge in [-0.3, -0.25) is 0 Å². The van der Waals surface area contributed by atoms with Crippen molar-refractivity contribution in [2.24, 2.45) is 0 Å². The molecule has 0 aliphatic carbocycles. The fraction of sp³-hybridized carbons (Fsp3) is 0.235. The van der Waals surface area contributed by atoms with E-state index in [2.05, 4.69) is 22.8 Å². The maximum absolute atomic E-state index is 11.4. The minimum atomic E-state index is -2.90. The van der Waals surface area contributed by atoms with E-state index in [1.54, 1.807) is 0 Å². The molecule has 4 nitrogen and oxygen atoms in total. The molecule has 120 valence electrons. The Labute approximate surface area is 141 Å². The highest BCUT2D eigenvalue weighted by atomic mass is 32.2. The minimum Gasteiger partial charge on any atom is -0.359 e. The second-order valence-corrected chi connectivity index (χ2v) is 8.28. The summed E-state index contributed by atoms with van der Waals surface area (Å²) >= 11 is 5.26. The summed E-state index contributed by atoms with van der Waals surface area (Å²) in [6.07, 6.45) is 0.608. The topological polar surface area (TPSA) is 58.2 Å². The zero-order valence-corrected chi connectivity index (χ0v) is 14.2. The molecule has 1 aliphatic rings. The number of benzene rings is 2. The van der Waals surface area contributed by atoms with Gasteiger partial charge in [-0.25, -0.2) is 8.42 Å². The summed E-state index contributed by atoms with van der Waals surface area (Å²) < 4.78 is 22.9. The van der Waals surface area contributed by atoms with E-state index in [0.29, 0.717) is 11.5 Å². The maximum Gasteiger partial charge on any atom is 0.171 e. The molecule has 2 N–H and O–H groups in total. The molecular formula is C17H18N2O2S2. The van der Waals surface area contributed by atoms with Gasteiger partial charge in [0, 0.05) is 11.7 Å². The van der Waals surface area contributed by atoms with Gasteiger partial charge in [0.25, 0.3) is 0 Å². The van der Waals surface area contributed by atoms with Crippen LogP contribution < -0.4 is 10.6 Å². The molecular weight excluding hydrogens is 328 g/mol. The third-order valence-corrected chi connectivity index (χ3v) is 5.81. The Bertz CT molecular complexity index is 787. The fourth-order valence-electron chi connectivity index (χ4n) is 2.64. The summed E-state index contributed by atoms with van der Waals surface area (Å²) in [6.45, 7) is 0. The number of hydrogen-bond donors (Lipinski definition) is 2. The van der Waals surface area contributed by atoms with E-state index in [9.17, 15) is 8.42 Å². The summed E-state index contributed by atoms with van der Waals surface area (Å²) in [7, 11) is -2.90. The number of rotatable bonds is 3. The van der Waals surface area contributed by atoms with E-state index >= 15 is 0 Å². The molecule has 2 aromatic carbocycles. The molecule has 0 saturated carbocycles. The van der Waals surface area contributed by atoms with Gasteiger partial charge in [-0.05, 0) is 41.9 Å². The smallest absolute Gasteiger partial charge is 0.171 e. The predicted molar refractivity (Wildman–Crippen MR) is 98.3 cm³/mol. The van der Waals surface area contributed by atoms with Crippen LogP contribution in [0, 0.1) is 0 Å². The fourth-order valence-corrected chi connectivity index (χ4v) is 4.60. The van der Waals surface area contributed by atoms with Gasteiger partial charge in [-0.15, -0.1) is 0 Å². The van der Waals surface area contributed by atoms with Gasteiger partial charge in [0.15, 0.2) is 14.9 Å². The van der Waals surface area contributed by atoms with E-state index in [1.807, 2.05) is 42.5 Å². The molecule has 0 bridgehead atoms. The first kappa shape index (κ1) is 16.0. The number of hydrogen-bond acceptors (Lipinski definition) is 3. The largest absolute Gasteiger partial charge is 0.359 e. The molecule has 0 unspecified atom stereocenters. The first-order valence-electron chi connectivity index (χ1n) is 7.45. The quantitative estimate of drug-likeness (QED) is 0.837. The predicted octanol–water partition coefficient (Wildman–Crippen LogP) is 2.83. The van der Waals surface area contributed by atoms with Crippen LogP contribution in [0.4, 0.5) is 5.69 Å². The molecule has 1 heterocycles. The molecule has 2 aromatic rings. The van der Waals surface area contributed by atoms with Crippen LogP contribution in [0.25, 0.3) is 11.1 Å². The number of sulfone groups is 1. The Kier molecular flexibility index (Phi) is 4.63. The number of nitrogens with one attached hydrogen (secondary N) is 2. The molecule has 0 aromatic heterocycles. The first-order chi connectivity index (χ1) is 11.0. The van der Waals surface area contributed by atoms with Crippen molar-refractivity contribution in [2.45, 2.75) is 12.5 Å². The van der Waals surface area contributed by atoms with Crippen molar-refractivity contribution in [3.05, 3.63) is 54.6 Å².